The van der Waals surface area contributed by atoms with Crippen molar-refractivity contribution in [3.8, 4) is 17.6 Å². The molecule has 6 rings (SSSR count). The number of fused-ring (bicyclic) bond motifs is 1. The van der Waals surface area contributed by atoms with Crippen molar-refractivity contribution in [1.82, 2.24) is 14.5 Å². The van der Waals surface area contributed by atoms with E-state index in [0.717, 1.165) is 67.4 Å². The molecule has 4 aromatic rings. The van der Waals surface area contributed by atoms with Gasteiger partial charge in [-0.05, 0) is 73.4 Å². The van der Waals surface area contributed by atoms with E-state index in [-0.39, 0.29) is 42.1 Å². The predicted molar refractivity (Wildman–Crippen MR) is 156 cm³/mol. The molecule has 1 N–H and O–H groups in total. The first kappa shape index (κ1) is 29.5. The normalized spacial score (nSPS) is 17.2. The Kier molecular flexibility index (Phi) is 8.72. The lowest BCUT2D eigenvalue weighted by molar-refractivity contribution is -0.136. The lowest BCUT2D eigenvalue weighted by Crippen LogP contribution is -2.39. The number of benzene rings is 3. The Morgan fingerprint density at radius 1 is 1.07 bits per heavy atom. The third-order valence-electron chi connectivity index (χ3n) is 8.09. The average Bonchev–Trinajstić information content (AvgIpc) is 3.32. The maximum atomic E-state index is 14.5. The van der Waals surface area contributed by atoms with Gasteiger partial charge in [-0.1, -0.05) is 6.07 Å². The van der Waals surface area contributed by atoms with Crippen LogP contribution in [0.5, 0.6) is 11.5 Å². The van der Waals surface area contributed by atoms with Crippen LogP contribution >= 0.6 is 0 Å². The van der Waals surface area contributed by atoms with Crippen LogP contribution in [0.2, 0.25) is 0 Å². The Labute approximate surface area is 253 Å². The number of nitrogens with zero attached hydrogens (tertiary/aromatic N) is 4. The SMILES string of the molecule is N#Cc1ccc(OCc2cc(OC3CCN(Cc4nc5ccc(CC(=O)O)cc5n4C[C@@H]4CCO4)CC3)ccc2F)c(F)c1. The van der Waals surface area contributed by atoms with Gasteiger partial charge in [0.2, 0.25) is 0 Å². The van der Waals surface area contributed by atoms with Gasteiger partial charge < -0.3 is 23.9 Å². The number of halogens is 2. The van der Waals surface area contributed by atoms with Crippen LogP contribution in [0.1, 0.15) is 41.8 Å². The molecule has 0 saturated carbocycles. The van der Waals surface area contributed by atoms with Gasteiger partial charge in [-0.2, -0.15) is 5.26 Å². The van der Waals surface area contributed by atoms with E-state index in [0.29, 0.717) is 18.8 Å². The predicted octanol–water partition coefficient (Wildman–Crippen LogP) is 5.22. The van der Waals surface area contributed by atoms with Crippen LogP contribution in [0.15, 0.2) is 54.6 Å². The molecule has 44 heavy (non-hydrogen) atoms. The Balaban J connectivity index is 1.07. The molecule has 9 nitrogen and oxygen atoms in total. The smallest absolute Gasteiger partial charge is 0.307 e. The molecule has 2 fully saturated rings. The summed E-state index contributed by atoms with van der Waals surface area (Å²) in [5, 5.41) is 18.2. The first-order valence-electron chi connectivity index (χ1n) is 14.7. The average molecular weight is 603 g/mol. The number of hydrogen-bond donors (Lipinski definition) is 1. The molecule has 2 aliphatic rings. The maximum absolute atomic E-state index is 14.5. The van der Waals surface area contributed by atoms with Crippen LogP contribution in [0, 0.1) is 23.0 Å². The molecule has 0 amide bonds. The first-order valence-corrected chi connectivity index (χ1v) is 14.7. The molecular formula is C33H32F2N4O5. The largest absolute Gasteiger partial charge is 0.490 e. The number of ether oxygens (including phenoxy) is 3. The summed E-state index contributed by atoms with van der Waals surface area (Å²) in [7, 11) is 0. The van der Waals surface area contributed by atoms with Crippen LogP contribution in [0.3, 0.4) is 0 Å². The third kappa shape index (κ3) is 6.82. The standard InChI is InChI=1S/C33H32F2N4O5/c34-27-4-3-25(16-23(27)20-43-31-6-2-22(17-36)13-28(31)35)44-24-7-10-38(11-8-24)19-32-37-29-5-1-21(15-33(40)41)14-30(29)39(32)18-26-9-12-42-26/h1-6,13-14,16,24,26H,7-12,15,18-20H2,(H,40,41)/t26-/m0/s1. The maximum Gasteiger partial charge on any atom is 0.307 e. The molecule has 2 saturated heterocycles. The zero-order valence-corrected chi connectivity index (χ0v) is 24.0. The quantitative estimate of drug-likeness (QED) is 0.249. The highest BCUT2D eigenvalue weighted by Crippen LogP contribution is 2.27. The second-order valence-electron chi connectivity index (χ2n) is 11.2. The van der Waals surface area contributed by atoms with Crippen LogP contribution in [-0.4, -0.2) is 57.4 Å². The van der Waals surface area contributed by atoms with Gasteiger partial charge >= 0.3 is 5.97 Å². The van der Waals surface area contributed by atoms with Crippen molar-refractivity contribution in [3.05, 3.63) is 88.7 Å². The molecule has 228 valence electrons. The number of imidazole rings is 1. The van der Waals surface area contributed by atoms with Gasteiger partial charge in [-0.25, -0.2) is 13.8 Å². The lowest BCUT2D eigenvalue weighted by Gasteiger charge is -2.32. The molecule has 11 heteroatoms. The molecule has 1 atom stereocenters. The summed E-state index contributed by atoms with van der Waals surface area (Å²) >= 11 is 0. The fraction of sp³-hybridized carbons (Fsp3) is 0.364. The summed E-state index contributed by atoms with van der Waals surface area (Å²) in [5.41, 5.74) is 2.91. The van der Waals surface area contributed by atoms with Crippen LogP contribution < -0.4 is 9.47 Å². The summed E-state index contributed by atoms with van der Waals surface area (Å²) in [4.78, 5) is 18.5. The lowest BCUT2D eigenvalue weighted by atomic mass is 10.1. The number of carboxylic acid groups (broad SMARTS) is 1. The van der Waals surface area contributed by atoms with Gasteiger partial charge in [0.15, 0.2) is 11.6 Å². The van der Waals surface area contributed by atoms with Crippen molar-refractivity contribution in [3.63, 3.8) is 0 Å². The van der Waals surface area contributed by atoms with Crippen molar-refractivity contribution >= 4 is 17.0 Å². The Morgan fingerprint density at radius 3 is 2.59 bits per heavy atom. The zero-order valence-electron chi connectivity index (χ0n) is 24.0. The fourth-order valence-corrected chi connectivity index (χ4v) is 5.62. The van der Waals surface area contributed by atoms with Gasteiger partial charge in [0.1, 0.15) is 30.1 Å². The highest BCUT2D eigenvalue weighted by atomic mass is 19.1. The zero-order chi connectivity index (χ0) is 30.6. The monoisotopic (exact) mass is 602 g/mol. The molecule has 3 aromatic carbocycles. The van der Waals surface area contributed by atoms with Gasteiger partial charge in [0.05, 0.1) is 48.3 Å². The minimum Gasteiger partial charge on any atom is -0.490 e. The van der Waals surface area contributed by atoms with E-state index in [1.165, 1.54) is 18.2 Å². The van der Waals surface area contributed by atoms with Crippen LogP contribution in [0.25, 0.3) is 11.0 Å². The number of hydrogen-bond acceptors (Lipinski definition) is 7. The first-order chi connectivity index (χ1) is 21.3. The summed E-state index contributed by atoms with van der Waals surface area (Å²) in [6.07, 6.45) is 2.57. The van der Waals surface area contributed by atoms with Crippen molar-refractivity contribution in [2.45, 2.75) is 57.6 Å². The number of aromatic nitrogens is 2. The molecule has 0 radical (unpaired) electrons. The van der Waals surface area contributed by atoms with Crippen molar-refractivity contribution < 1.29 is 32.9 Å². The fourth-order valence-electron chi connectivity index (χ4n) is 5.62. The third-order valence-corrected chi connectivity index (χ3v) is 8.09. The molecule has 0 bridgehead atoms. The summed E-state index contributed by atoms with van der Waals surface area (Å²) in [6.45, 7) is 3.46. The van der Waals surface area contributed by atoms with E-state index in [2.05, 4.69) is 9.47 Å². The molecule has 3 heterocycles. The number of piperidine rings is 1. The molecule has 0 spiro atoms. The number of likely N-dealkylation sites (tertiary alicyclic amines) is 1. The summed E-state index contributed by atoms with van der Waals surface area (Å²) in [6, 6.07) is 15.8. The highest BCUT2D eigenvalue weighted by molar-refractivity contribution is 5.79. The van der Waals surface area contributed by atoms with Crippen molar-refractivity contribution in [1.29, 1.82) is 5.26 Å². The summed E-state index contributed by atoms with van der Waals surface area (Å²) in [5.74, 6) is -0.652. The van der Waals surface area contributed by atoms with Crippen LogP contribution in [0.4, 0.5) is 8.78 Å². The minimum atomic E-state index is -0.869. The van der Waals surface area contributed by atoms with E-state index >= 15 is 0 Å². The molecule has 1 aromatic heterocycles. The number of aliphatic carboxylic acids is 1. The number of carbonyl (C=O) groups is 1. The van der Waals surface area contributed by atoms with Gasteiger partial charge in [-0.15, -0.1) is 0 Å². The number of nitriles is 1. The van der Waals surface area contributed by atoms with Crippen molar-refractivity contribution in [2.75, 3.05) is 19.7 Å². The van der Waals surface area contributed by atoms with E-state index in [9.17, 15) is 18.7 Å². The van der Waals surface area contributed by atoms with Crippen molar-refractivity contribution in [2.24, 2.45) is 0 Å². The number of carboxylic acids is 1. The van der Waals surface area contributed by atoms with Gasteiger partial charge in [0, 0.05) is 25.3 Å². The second kappa shape index (κ2) is 13.0. The highest BCUT2D eigenvalue weighted by Gasteiger charge is 2.26. The second-order valence-corrected chi connectivity index (χ2v) is 11.2. The van der Waals surface area contributed by atoms with E-state index in [4.69, 9.17) is 24.5 Å². The minimum absolute atomic E-state index is 0.0395. The molecular weight excluding hydrogens is 570 g/mol. The molecule has 0 aliphatic carbocycles. The topological polar surface area (TPSA) is 110 Å². The van der Waals surface area contributed by atoms with E-state index < -0.39 is 17.6 Å². The van der Waals surface area contributed by atoms with Gasteiger partial charge in [-0.3, -0.25) is 9.69 Å². The number of rotatable bonds is 11. The Hall–Kier alpha value is -4.53. The van der Waals surface area contributed by atoms with Crippen LogP contribution in [-0.2, 0) is 35.6 Å². The molecule has 0 unspecified atom stereocenters. The summed E-state index contributed by atoms with van der Waals surface area (Å²) < 4.78 is 48.2. The van der Waals surface area contributed by atoms with E-state index in [1.807, 2.05) is 24.3 Å². The molecule has 2 aliphatic heterocycles. The van der Waals surface area contributed by atoms with Gasteiger partial charge in [0.25, 0.3) is 0 Å². The Morgan fingerprint density at radius 2 is 1.89 bits per heavy atom. The van der Waals surface area contributed by atoms with E-state index in [1.54, 1.807) is 12.1 Å². The Bertz CT molecular complexity index is 1710.